The number of hydrogen-bond donors (Lipinski definition) is 2. The lowest BCUT2D eigenvalue weighted by Crippen LogP contribution is -2.47. The first-order valence-corrected chi connectivity index (χ1v) is 8.39. The molecule has 1 atom stereocenters. The number of nitrogens with zero attached hydrogens (tertiary/aromatic N) is 2. The second-order valence-corrected chi connectivity index (χ2v) is 7.51. The molecule has 1 amide bonds. The summed E-state index contributed by atoms with van der Waals surface area (Å²) in [6, 6.07) is 8.13. The maximum Gasteiger partial charge on any atom is 0.234 e. The molecule has 0 spiro atoms. The van der Waals surface area contributed by atoms with Crippen molar-refractivity contribution in [2.45, 2.75) is 45.1 Å². The lowest BCUT2D eigenvalue weighted by Gasteiger charge is -2.32. The molecule has 2 aromatic rings. The highest BCUT2D eigenvalue weighted by molar-refractivity contribution is 5.78. The summed E-state index contributed by atoms with van der Waals surface area (Å²) >= 11 is 0. The summed E-state index contributed by atoms with van der Waals surface area (Å²) in [6.45, 7) is 8.37. The van der Waals surface area contributed by atoms with E-state index >= 15 is 0 Å². The molecular weight excluding hydrogens is 288 g/mol. The van der Waals surface area contributed by atoms with Gasteiger partial charge in [0.1, 0.15) is 5.82 Å². The number of imidazole rings is 1. The first-order valence-electron chi connectivity index (χ1n) is 8.39. The van der Waals surface area contributed by atoms with Crippen LogP contribution in [0.1, 0.15) is 45.4 Å². The summed E-state index contributed by atoms with van der Waals surface area (Å²) in [5.41, 5.74) is 1.93. The number of carbonyl (C=O) groups excluding carboxylic acids is 1. The molecule has 5 nitrogen and oxygen atoms in total. The Kier molecular flexibility index (Phi) is 4.39. The third-order valence-corrected chi connectivity index (χ3v) is 4.18. The number of benzene rings is 1. The fraction of sp³-hybridized carbons (Fsp3) is 0.556. The highest BCUT2D eigenvalue weighted by Gasteiger charge is 2.25. The van der Waals surface area contributed by atoms with Gasteiger partial charge in [-0.15, -0.1) is 0 Å². The fourth-order valence-corrected chi connectivity index (χ4v) is 3.25. The van der Waals surface area contributed by atoms with Gasteiger partial charge >= 0.3 is 0 Å². The van der Waals surface area contributed by atoms with Crippen molar-refractivity contribution in [1.29, 1.82) is 0 Å². The Balaban J connectivity index is 1.65. The quantitative estimate of drug-likeness (QED) is 0.915. The van der Waals surface area contributed by atoms with Crippen LogP contribution < -0.4 is 5.32 Å². The molecule has 2 N–H and O–H groups in total. The summed E-state index contributed by atoms with van der Waals surface area (Å²) in [4.78, 5) is 22.5. The van der Waals surface area contributed by atoms with Crippen LogP contribution in [0.4, 0.5) is 0 Å². The van der Waals surface area contributed by atoms with Crippen LogP contribution in [0.15, 0.2) is 24.3 Å². The SMILES string of the molecule is CC(C)(C)NC(=O)CN1CCC[C@H](c2nc3ccccc3[nH]2)C1. The third-order valence-electron chi connectivity index (χ3n) is 4.18. The number of nitrogens with one attached hydrogen (secondary N) is 2. The minimum absolute atomic E-state index is 0.0998. The average molecular weight is 314 g/mol. The van der Waals surface area contributed by atoms with Crippen molar-refractivity contribution in [2.24, 2.45) is 0 Å². The van der Waals surface area contributed by atoms with Crippen LogP contribution in [0.25, 0.3) is 11.0 Å². The molecule has 124 valence electrons. The van der Waals surface area contributed by atoms with E-state index in [1.807, 2.05) is 39.0 Å². The Bertz CT molecular complexity index is 653. The van der Waals surface area contributed by atoms with Crippen molar-refractivity contribution < 1.29 is 4.79 Å². The number of H-pyrrole nitrogens is 1. The largest absolute Gasteiger partial charge is 0.350 e. The van der Waals surface area contributed by atoms with Gasteiger partial charge in [0.15, 0.2) is 0 Å². The predicted molar refractivity (Wildman–Crippen MR) is 92.4 cm³/mol. The zero-order valence-electron chi connectivity index (χ0n) is 14.2. The number of para-hydroxylation sites is 2. The maximum atomic E-state index is 12.1. The molecule has 2 heterocycles. The fourth-order valence-electron chi connectivity index (χ4n) is 3.25. The first-order chi connectivity index (χ1) is 10.9. The minimum atomic E-state index is -0.176. The number of carbonyl (C=O) groups is 1. The van der Waals surface area contributed by atoms with E-state index in [0.717, 1.165) is 42.8 Å². The number of aromatic amines is 1. The third kappa shape index (κ3) is 4.10. The second kappa shape index (κ2) is 6.32. The molecule has 0 bridgehead atoms. The summed E-state index contributed by atoms with van der Waals surface area (Å²) in [6.07, 6.45) is 2.22. The van der Waals surface area contributed by atoms with E-state index in [0.29, 0.717) is 12.5 Å². The van der Waals surface area contributed by atoms with Gasteiger partial charge in [-0.05, 0) is 52.3 Å². The molecule has 0 unspecified atom stereocenters. The molecule has 1 aliphatic rings. The van der Waals surface area contributed by atoms with Crippen LogP contribution >= 0.6 is 0 Å². The number of aromatic nitrogens is 2. The average Bonchev–Trinajstić information content (AvgIpc) is 2.89. The number of piperidine rings is 1. The van der Waals surface area contributed by atoms with Gasteiger partial charge in [-0.25, -0.2) is 4.98 Å². The Morgan fingerprint density at radius 1 is 1.39 bits per heavy atom. The summed E-state index contributed by atoms with van der Waals surface area (Å²) in [5.74, 6) is 1.52. The molecule has 1 aromatic carbocycles. The molecular formula is C18H26N4O. The lowest BCUT2D eigenvalue weighted by atomic mass is 9.97. The van der Waals surface area contributed by atoms with Gasteiger partial charge in [-0.2, -0.15) is 0 Å². The Morgan fingerprint density at radius 2 is 2.17 bits per heavy atom. The van der Waals surface area contributed by atoms with E-state index in [9.17, 15) is 4.79 Å². The molecule has 0 saturated carbocycles. The summed E-state index contributed by atoms with van der Waals surface area (Å²) in [7, 11) is 0. The van der Waals surface area contributed by atoms with E-state index in [2.05, 4.69) is 21.3 Å². The van der Waals surface area contributed by atoms with Crippen molar-refractivity contribution in [2.75, 3.05) is 19.6 Å². The van der Waals surface area contributed by atoms with Crippen LogP contribution in [0, 0.1) is 0 Å². The van der Waals surface area contributed by atoms with Crippen molar-refractivity contribution in [3.63, 3.8) is 0 Å². The molecule has 1 saturated heterocycles. The molecule has 1 aromatic heterocycles. The van der Waals surface area contributed by atoms with Crippen LogP contribution in [0.3, 0.4) is 0 Å². The lowest BCUT2D eigenvalue weighted by molar-refractivity contribution is -0.123. The Morgan fingerprint density at radius 3 is 2.91 bits per heavy atom. The van der Waals surface area contributed by atoms with Gasteiger partial charge in [0.25, 0.3) is 0 Å². The minimum Gasteiger partial charge on any atom is -0.350 e. The van der Waals surface area contributed by atoms with Crippen molar-refractivity contribution in [1.82, 2.24) is 20.2 Å². The zero-order valence-corrected chi connectivity index (χ0v) is 14.2. The second-order valence-electron chi connectivity index (χ2n) is 7.51. The smallest absolute Gasteiger partial charge is 0.234 e. The van der Waals surface area contributed by atoms with Crippen LogP contribution in [0.5, 0.6) is 0 Å². The highest BCUT2D eigenvalue weighted by atomic mass is 16.2. The van der Waals surface area contributed by atoms with Crippen LogP contribution in [0.2, 0.25) is 0 Å². The van der Waals surface area contributed by atoms with E-state index in [4.69, 9.17) is 4.98 Å². The van der Waals surface area contributed by atoms with Gasteiger partial charge in [-0.3, -0.25) is 9.69 Å². The molecule has 23 heavy (non-hydrogen) atoms. The molecule has 0 radical (unpaired) electrons. The molecule has 0 aliphatic carbocycles. The normalized spacial score (nSPS) is 19.9. The molecule has 5 heteroatoms. The van der Waals surface area contributed by atoms with Gasteiger partial charge in [0, 0.05) is 18.0 Å². The Labute approximate surface area is 137 Å². The number of likely N-dealkylation sites (tertiary alicyclic amines) is 1. The van der Waals surface area contributed by atoms with E-state index in [-0.39, 0.29) is 11.4 Å². The van der Waals surface area contributed by atoms with Crippen molar-refractivity contribution >= 4 is 16.9 Å². The standard InChI is InChI=1S/C18H26N4O/c1-18(2,3)21-16(23)12-22-10-6-7-13(11-22)17-19-14-8-4-5-9-15(14)20-17/h4-5,8-9,13H,6-7,10-12H2,1-3H3,(H,19,20)(H,21,23)/t13-/m0/s1. The van der Waals surface area contributed by atoms with Gasteiger partial charge in [0.2, 0.25) is 5.91 Å². The number of amides is 1. The van der Waals surface area contributed by atoms with Crippen molar-refractivity contribution in [3.05, 3.63) is 30.1 Å². The zero-order chi connectivity index (χ0) is 16.4. The first kappa shape index (κ1) is 16.0. The highest BCUT2D eigenvalue weighted by Crippen LogP contribution is 2.26. The summed E-state index contributed by atoms with van der Waals surface area (Å²) in [5, 5.41) is 3.04. The molecule has 1 aliphatic heterocycles. The van der Waals surface area contributed by atoms with E-state index < -0.39 is 0 Å². The van der Waals surface area contributed by atoms with Gasteiger partial charge < -0.3 is 10.3 Å². The number of hydrogen-bond acceptors (Lipinski definition) is 3. The van der Waals surface area contributed by atoms with Gasteiger partial charge in [0.05, 0.1) is 17.6 Å². The van der Waals surface area contributed by atoms with E-state index in [1.54, 1.807) is 0 Å². The van der Waals surface area contributed by atoms with Crippen LogP contribution in [-0.2, 0) is 4.79 Å². The van der Waals surface area contributed by atoms with Gasteiger partial charge in [-0.1, -0.05) is 12.1 Å². The number of fused-ring (bicyclic) bond motifs is 1. The van der Waals surface area contributed by atoms with Crippen LogP contribution in [-0.4, -0.2) is 45.9 Å². The van der Waals surface area contributed by atoms with E-state index in [1.165, 1.54) is 0 Å². The summed E-state index contributed by atoms with van der Waals surface area (Å²) < 4.78 is 0. The van der Waals surface area contributed by atoms with Crippen molar-refractivity contribution in [3.8, 4) is 0 Å². The molecule has 1 fully saturated rings. The predicted octanol–water partition coefficient (Wildman–Crippen LogP) is 2.66. The Hall–Kier alpha value is -1.88. The number of rotatable bonds is 3. The topological polar surface area (TPSA) is 61.0 Å². The monoisotopic (exact) mass is 314 g/mol. The molecule has 3 rings (SSSR count). The maximum absolute atomic E-state index is 12.1.